The number of hydrogen-bond donors (Lipinski definition) is 1. The number of rotatable bonds is 5. The zero-order valence-electron chi connectivity index (χ0n) is 15.6. The molecule has 0 aliphatic carbocycles. The molecule has 1 saturated heterocycles. The van der Waals surface area contributed by atoms with E-state index in [1.54, 1.807) is 37.3 Å². The fourth-order valence-corrected chi connectivity index (χ4v) is 4.06. The van der Waals surface area contributed by atoms with Crippen LogP contribution in [0.1, 0.15) is 53.2 Å². The highest BCUT2D eigenvalue weighted by molar-refractivity contribution is 6.30. The second kappa shape index (κ2) is 8.09. The summed E-state index contributed by atoms with van der Waals surface area (Å²) in [5, 5.41) is 11.8. The summed E-state index contributed by atoms with van der Waals surface area (Å²) in [6, 6.07) is 9.44. The molecule has 0 unspecified atom stereocenters. The van der Waals surface area contributed by atoms with E-state index in [1.165, 1.54) is 6.07 Å². The Labute approximate surface area is 164 Å². The van der Waals surface area contributed by atoms with Crippen molar-refractivity contribution in [3.05, 3.63) is 69.5 Å². The SMILES string of the molecule is CC[C@](O)(c1cc(C)c(C(=O)c2ccc(Cl)cc2)c(F)c1)C1CCOCC1. The fourth-order valence-electron chi connectivity index (χ4n) is 3.93. The van der Waals surface area contributed by atoms with Crippen LogP contribution in [-0.4, -0.2) is 24.1 Å². The van der Waals surface area contributed by atoms with Crippen LogP contribution in [0.25, 0.3) is 0 Å². The van der Waals surface area contributed by atoms with Gasteiger partial charge >= 0.3 is 0 Å². The summed E-state index contributed by atoms with van der Waals surface area (Å²) in [7, 11) is 0. The molecule has 0 amide bonds. The smallest absolute Gasteiger partial charge is 0.196 e. The van der Waals surface area contributed by atoms with Gasteiger partial charge in [-0.1, -0.05) is 24.6 Å². The van der Waals surface area contributed by atoms with Gasteiger partial charge in [0.05, 0.1) is 11.2 Å². The number of hydrogen-bond acceptors (Lipinski definition) is 3. The summed E-state index contributed by atoms with van der Waals surface area (Å²) in [6.07, 6.45) is 1.94. The van der Waals surface area contributed by atoms with Crippen molar-refractivity contribution in [2.24, 2.45) is 5.92 Å². The highest BCUT2D eigenvalue weighted by Crippen LogP contribution is 2.40. The minimum absolute atomic E-state index is 0.00728. The molecule has 3 rings (SSSR count). The van der Waals surface area contributed by atoms with Crippen LogP contribution in [0.15, 0.2) is 36.4 Å². The lowest BCUT2D eigenvalue weighted by Crippen LogP contribution is -2.38. The first kappa shape index (κ1) is 20.0. The van der Waals surface area contributed by atoms with Gasteiger partial charge < -0.3 is 9.84 Å². The Kier molecular flexibility index (Phi) is 5.99. The molecule has 0 bridgehead atoms. The average molecular weight is 391 g/mol. The molecular formula is C22H24ClFO3. The van der Waals surface area contributed by atoms with E-state index in [1.807, 2.05) is 6.92 Å². The Morgan fingerprint density at radius 2 is 1.89 bits per heavy atom. The molecule has 1 fully saturated rings. The molecule has 1 aliphatic heterocycles. The zero-order valence-corrected chi connectivity index (χ0v) is 16.4. The van der Waals surface area contributed by atoms with E-state index in [0.29, 0.717) is 41.3 Å². The topological polar surface area (TPSA) is 46.5 Å². The molecule has 0 radical (unpaired) electrons. The lowest BCUT2D eigenvalue weighted by molar-refractivity contribution is -0.0732. The normalized spacial score (nSPS) is 17.5. The molecule has 1 atom stereocenters. The lowest BCUT2D eigenvalue weighted by Gasteiger charge is -2.38. The van der Waals surface area contributed by atoms with Gasteiger partial charge in [-0.25, -0.2) is 4.39 Å². The van der Waals surface area contributed by atoms with Crippen LogP contribution < -0.4 is 0 Å². The maximum Gasteiger partial charge on any atom is 0.196 e. The summed E-state index contributed by atoms with van der Waals surface area (Å²) in [5.74, 6) is -0.990. The van der Waals surface area contributed by atoms with Crippen LogP contribution in [0.2, 0.25) is 5.02 Å². The van der Waals surface area contributed by atoms with Gasteiger partial charge in [-0.3, -0.25) is 4.79 Å². The van der Waals surface area contributed by atoms with Gasteiger partial charge in [0.1, 0.15) is 5.82 Å². The third kappa shape index (κ3) is 3.93. The molecule has 1 aliphatic rings. The summed E-state index contributed by atoms with van der Waals surface area (Å²) in [4.78, 5) is 12.8. The van der Waals surface area contributed by atoms with Crippen LogP contribution >= 0.6 is 11.6 Å². The van der Waals surface area contributed by atoms with E-state index >= 15 is 0 Å². The lowest BCUT2D eigenvalue weighted by atomic mass is 9.74. The van der Waals surface area contributed by atoms with E-state index < -0.39 is 11.4 Å². The molecule has 3 nitrogen and oxygen atoms in total. The zero-order chi connectivity index (χ0) is 19.6. The summed E-state index contributed by atoms with van der Waals surface area (Å²) >= 11 is 5.86. The minimum atomic E-state index is -1.13. The molecule has 1 N–H and O–H groups in total. The van der Waals surface area contributed by atoms with Gasteiger partial charge in [0.2, 0.25) is 0 Å². The van der Waals surface area contributed by atoms with Crippen molar-refractivity contribution >= 4 is 17.4 Å². The van der Waals surface area contributed by atoms with Crippen molar-refractivity contribution in [1.29, 1.82) is 0 Å². The summed E-state index contributed by atoms with van der Waals surface area (Å²) < 4.78 is 20.4. The minimum Gasteiger partial charge on any atom is -0.385 e. The third-order valence-corrected chi connectivity index (χ3v) is 5.81. The number of ketones is 1. The van der Waals surface area contributed by atoms with Crippen molar-refractivity contribution in [3.8, 4) is 0 Å². The van der Waals surface area contributed by atoms with Crippen LogP contribution in [0, 0.1) is 18.7 Å². The van der Waals surface area contributed by atoms with Crippen molar-refractivity contribution in [1.82, 2.24) is 0 Å². The van der Waals surface area contributed by atoms with E-state index in [9.17, 15) is 14.3 Å². The maximum absolute atomic E-state index is 15.0. The standard InChI is InChI=1S/C22H24ClFO3/c1-3-22(26,16-8-10-27-11-9-16)17-12-14(2)20(19(24)13-17)21(25)15-4-6-18(23)7-5-15/h4-7,12-13,16,26H,3,8-11H2,1-2H3/t22-/m1/s1. The Balaban J connectivity index is 1.98. The number of halogens is 2. The average Bonchev–Trinajstić information content (AvgIpc) is 2.67. The predicted octanol–water partition coefficient (Wildman–Crippen LogP) is 5.04. The molecular weight excluding hydrogens is 367 g/mol. The Bertz CT molecular complexity index is 805. The molecule has 0 spiro atoms. The van der Waals surface area contributed by atoms with E-state index in [2.05, 4.69) is 0 Å². The predicted molar refractivity (Wildman–Crippen MR) is 104 cm³/mol. The quantitative estimate of drug-likeness (QED) is 0.727. The molecule has 5 heteroatoms. The van der Waals surface area contributed by atoms with Crippen molar-refractivity contribution < 1.29 is 19.0 Å². The Morgan fingerprint density at radius 3 is 2.44 bits per heavy atom. The number of aryl methyl sites for hydroxylation is 1. The van der Waals surface area contributed by atoms with E-state index in [-0.39, 0.29) is 17.3 Å². The Hall–Kier alpha value is -1.75. The first-order valence-corrected chi connectivity index (χ1v) is 9.65. The van der Waals surface area contributed by atoms with Gasteiger partial charge in [0, 0.05) is 23.8 Å². The maximum atomic E-state index is 15.0. The highest BCUT2D eigenvalue weighted by Gasteiger charge is 2.38. The van der Waals surface area contributed by atoms with Crippen molar-refractivity contribution in [2.45, 2.75) is 38.7 Å². The number of benzene rings is 2. The Morgan fingerprint density at radius 1 is 1.26 bits per heavy atom. The first-order chi connectivity index (χ1) is 12.9. The van der Waals surface area contributed by atoms with Crippen LogP contribution in [0.5, 0.6) is 0 Å². The summed E-state index contributed by atoms with van der Waals surface area (Å²) in [5.41, 5.74) is 0.330. The largest absolute Gasteiger partial charge is 0.385 e. The second-order valence-electron chi connectivity index (χ2n) is 7.15. The molecule has 0 saturated carbocycles. The van der Waals surface area contributed by atoms with Gasteiger partial charge in [-0.2, -0.15) is 0 Å². The highest BCUT2D eigenvalue weighted by atomic mass is 35.5. The van der Waals surface area contributed by atoms with E-state index in [0.717, 1.165) is 12.8 Å². The van der Waals surface area contributed by atoms with Crippen LogP contribution in [0.3, 0.4) is 0 Å². The van der Waals surface area contributed by atoms with Crippen LogP contribution in [0.4, 0.5) is 4.39 Å². The van der Waals surface area contributed by atoms with E-state index in [4.69, 9.17) is 16.3 Å². The van der Waals surface area contributed by atoms with Gasteiger partial charge in [-0.15, -0.1) is 0 Å². The third-order valence-electron chi connectivity index (χ3n) is 5.56. The number of carbonyl (C=O) groups excluding carboxylic acids is 1. The number of carbonyl (C=O) groups is 1. The molecule has 1 heterocycles. The van der Waals surface area contributed by atoms with Gasteiger partial charge in [-0.05, 0) is 73.6 Å². The van der Waals surface area contributed by atoms with Crippen molar-refractivity contribution in [3.63, 3.8) is 0 Å². The fraction of sp³-hybridized carbons (Fsp3) is 0.409. The second-order valence-corrected chi connectivity index (χ2v) is 7.59. The summed E-state index contributed by atoms with van der Waals surface area (Å²) in [6.45, 7) is 4.80. The monoisotopic (exact) mass is 390 g/mol. The van der Waals surface area contributed by atoms with Crippen LogP contribution in [-0.2, 0) is 10.3 Å². The molecule has 0 aromatic heterocycles. The molecule has 144 valence electrons. The molecule has 27 heavy (non-hydrogen) atoms. The van der Waals surface area contributed by atoms with Gasteiger partial charge in [0.15, 0.2) is 5.78 Å². The molecule has 2 aromatic rings. The first-order valence-electron chi connectivity index (χ1n) is 9.27. The van der Waals surface area contributed by atoms with Gasteiger partial charge in [0.25, 0.3) is 0 Å². The van der Waals surface area contributed by atoms with Crippen molar-refractivity contribution in [2.75, 3.05) is 13.2 Å². The molecule has 2 aromatic carbocycles. The number of aliphatic hydroxyl groups is 1. The number of ether oxygens (including phenoxy) is 1.